The zero-order valence-electron chi connectivity index (χ0n) is 8.95. The van der Waals surface area contributed by atoms with E-state index in [2.05, 4.69) is 18.5 Å². The Labute approximate surface area is 102 Å². The number of nitrogens with zero attached hydrogens (tertiary/aromatic N) is 1. The summed E-state index contributed by atoms with van der Waals surface area (Å²) in [5.41, 5.74) is -0.0328. The highest BCUT2D eigenvalue weighted by molar-refractivity contribution is 7.71. The summed E-state index contributed by atoms with van der Waals surface area (Å²) in [7, 11) is 0. The predicted octanol–water partition coefficient (Wildman–Crippen LogP) is 2.87. The Morgan fingerprint density at radius 1 is 1.69 bits per heavy atom. The van der Waals surface area contributed by atoms with Crippen LogP contribution in [0.1, 0.15) is 11.8 Å². The standard InChI is InChI=1S/C11H12N2OS2/c1-3-5-13-10(14)8-6-7(4-2)16-9(8)12-11(13)15/h3,6H,1,4-5H2,2H3,(H,12,15). The first kappa shape index (κ1) is 11.3. The van der Waals surface area contributed by atoms with Crippen molar-refractivity contribution in [3.63, 3.8) is 0 Å². The summed E-state index contributed by atoms with van der Waals surface area (Å²) < 4.78 is 1.98. The summed E-state index contributed by atoms with van der Waals surface area (Å²) in [6.45, 7) is 6.14. The Morgan fingerprint density at radius 3 is 3.06 bits per heavy atom. The molecule has 0 aliphatic heterocycles. The maximum Gasteiger partial charge on any atom is 0.263 e. The second kappa shape index (κ2) is 4.35. The molecule has 0 aromatic carbocycles. The van der Waals surface area contributed by atoms with E-state index in [4.69, 9.17) is 12.2 Å². The van der Waals surface area contributed by atoms with E-state index in [1.165, 1.54) is 9.44 Å². The van der Waals surface area contributed by atoms with Gasteiger partial charge in [-0.25, -0.2) is 0 Å². The molecule has 3 nitrogen and oxygen atoms in total. The Kier molecular flexibility index (Phi) is 3.07. The summed E-state index contributed by atoms with van der Waals surface area (Å²) in [4.78, 5) is 17.2. The third-order valence-electron chi connectivity index (χ3n) is 2.38. The van der Waals surface area contributed by atoms with Crippen molar-refractivity contribution in [2.45, 2.75) is 19.9 Å². The smallest absolute Gasteiger partial charge is 0.263 e. The molecule has 0 radical (unpaired) electrons. The van der Waals surface area contributed by atoms with Crippen LogP contribution in [-0.4, -0.2) is 9.55 Å². The van der Waals surface area contributed by atoms with Gasteiger partial charge in [0.25, 0.3) is 5.56 Å². The predicted molar refractivity (Wildman–Crippen MR) is 70.8 cm³/mol. The number of H-pyrrole nitrogens is 1. The number of aromatic nitrogens is 2. The molecule has 84 valence electrons. The third kappa shape index (κ3) is 1.76. The van der Waals surface area contributed by atoms with Gasteiger partial charge in [-0.15, -0.1) is 17.9 Å². The largest absolute Gasteiger partial charge is 0.323 e. The summed E-state index contributed by atoms with van der Waals surface area (Å²) >= 11 is 6.74. The fourth-order valence-electron chi connectivity index (χ4n) is 1.57. The quantitative estimate of drug-likeness (QED) is 0.674. The maximum absolute atomic E-state index is 12.1. The molecule has 2 rings (SSSR count). The SMILES string of the molecule is C=CCn1c(=S)[nH]c2sc(CC)cc2c1=O. The number of aryl methyl sites for hydroxylation is 1. The Morgan fingerprint density at radius 2 is 2.44 bits per heavy atom. The van der Waals surface area contributed by atoms with Crippen LogP contribution < -0.4 is 5.56 Å². The molecule has 0 atom stereocenters. The van der Waals surface area contributed by atoms with Crippen molar-refractivity contribution in [2.75, 3.05) is 0 Å². The van der Waals surface area contributed by atoms with Gasteiger partial charge in [-0.1, -0.05) is 13.0 Å². The van der Waals surface area contributed by atoms with Gasteiger partial charge in [0, 0.05) is 11.4 Å². The second-order valence-corrected chi connectivity index (χ2v) is 4.97. The maximum atomic E-state index is 12.1. The molecule has 2 aromatic heterocycles. The zero-order chi connectivity index (χ0) is 11.7. The number of hydrogen-bond acceptors (Lipinski definition) is 3. The minimum absolute atomic E-state index is 0.0328. The number of nitrogens with one attached hydrogen (secondary N) is 1. The summed E-state index contributed by atoms with van der Waals surface area (Å²) in [5.74, 6) is 0. The van der Waals surface area contributed by atoms with Crippen molar-refractivity contribution in [1.82, 2.24) is 9.55 Å². The van der Waals surface area contributed by atoms with Crippen LogP contribution in [0.4, 0.5) is 0 Å². The zero-order valence-corrected chi connectivity index (χ0v) is 10.6. The highest BCUT2D eigenvalue weighted by atomic mass is 32.1. The van der Waals surface area contributed by atoms with Crippen LogP contribution in [0, 0.1) is 4.77 Å². The first-order chi connectivity index (χ1) is 7.67. The normalized spacial score (nSPS) is 10.8. The van der Waals surface area contributed by atoms with Gasteiger partial charge in [0.1, 0.15) is 4.83 Å². The van der Waals surface area contributed by atoms with Crippen molar-refractivity contribution < 1.29 is 0 Å². The lowest BCUT2D eigenvalue weighted by Gasteiger charge is -2.01. The van der Waals surface area contributed by atoms with Gasteiger partial charge in [-0.3, -0.25) is 9.36 Å². The molecule has 16 heavy (non-hydrogen) atoms. The number of thiophene rings is 1. The Balaban J connectivity index is 2.81. The van der Waals surface area contributed by atoms with Crippen molar-refractivity contribution in [3.05, 3.63) is 38.7 Å². The number of allylic oxidation sites excluding steroid dienone is 1. The van der Waals surface area contributed by atoms with Crippen LogP contribution in [-0.2, 0) is 13.0 Å². The van der Waals surface area contributed by atoms with E-state index in [0.29, 0.717) is 11.3 Å². The number of fused-ring (bicyclic) bond motifs is 1. The number of aromatic amines is 1. The molecule has 5 heteroatoms. The second-order valence-electron chi connectivity index (χ2n) is 3.44. The summed E-state index contributed by atoms with van der Waals surface area (Å²) in [6.07, 6.45) is 2.60. The van der Waals surface area contributed by atoms with E-state index in [0.717, 1.165) is 16.6 Å². The van der Waals surface area contributed by atoms with E-state index in [1.807, 2.05) is 6.07 Å². The van der Waals surface area contributed by atoms with Crippen LogP contribution in [0.2, 0.25) is 0 Å². The van der Waals surface area contributed by atoms with Crippen LogP contribution in [0.25, 0.3) is 10.2 Å². The van der Waals surface area contributed by atoms with Gasteiger partial charge in [0.15, 0.2) is 4.77 Å². The van der Waals surface area contributed by atoms with E-state index in [-0.39, 0.29) is 5.56 Å². The van der Waals surface area contributed by atoms with Gasteiger partial charge in [0.05, 0.1) is 5.39 Å². The van der Waals surface area contributed by atoms with Crippen molar-refractivity contribution in [3.8, 4) is 0 Å². The monoisotopic (exact) mass is 252 g/mol. The van der Waals surface area contributed by atoms with Crippen LogP contribution in [0.5, 0.6) is 0 Å². The Hall–Kier alpha value is -1.20. The molecule has 0 fully saturated rings. The lowest BCUT2D eigenvalue weighted by atomic mass is 10.3. The molecule has 0 bridgehead atoms. The number of rotatable bonds is 3. The van der Waals surface area contributed by atoms with Crippen LogP contribution in [0.15, 0.2) is 23.5 Å². The van der Waals surface area contributed by atoms with Crippen molar-refractivity contribution in [1.29, 1.82) is 0 Å². The molecule has 0 saturated heterocycles. The summed E-state index contributed by atoms with van der Waals surface area (Å²) in [6, 6.07) is 1.94. The van der Waals surface area contributed by atoms with E-state index < -0.39 is 0 Å². The molecular formula is C11H12N2OS2. The van der Waals surface area contributed by atoms with Crippen molar-refractivity contribution in [2.24, 2.45) is 0 Å². The van der Waals surface area contributed by atoms with Gasteiger partial charge >= 0.3 is 0 Å². The van der Waals surface area contributed by atoms with Crippen LogP contribution in [0.3, 0.4) is 0 Å². The molecule has 1 N–H and O–H groups in total. The van der Waals surface area contributed by atoms with Crippen LogP contribution >= 0.6 is 23.6 Å². The lowest BCUT2D eigenvalue weighted by molar-refractivity contribution is 0.754. The van der Waals surface area contributed by atoms with E-state index >= 15 is 0 Å². The molecule has 0 spiro atoms. The highest BCUT2D eigenvalue weighted by Crippen LogP contribution is 2.21. The molecule has 0 aliphatic rings. The van der Waals surface area contributed by atoms with E-state index in [1.54, 1.807) is 17.4 Å². The first-order valence-electron chi connectivity index (χ1n) is 5.03. The minimum Gasteiger partial charge on any atom is -0.323 e. The molecule has 0 aliphatic carbocycles. The minimum atomic E-state index is -0.0328. The summed E-state index contributed by atoms with van der Waals surface area (Å²) in [5, 5.41) is 0.720. The first-order valence-corrected chi connectivity index (χ1v) is 6.26. The van der Waals surface area contributed by atoms with Gasteiger partial charge < -0.3 is 4.98 Å². The average molecular weight is 252 g/mol. The topological polar surface area (TPSA) is 37.8 Å². The fourth-order valence-corrected chi connectivity index (χ4v) is 2.88. The molecule has 0 unspecified atom stereocenters. The van der Waals surface area contributed by atoms with E-state index in [9.17, 15) is 4.79 Å². The molecular weight excluding hydrogens is 240 g/mol. The fraction of sp³-hybridized carbons (Fsp3) is 0.273. The molecule has 2 aromatic rings. The average Bonchev–Trinajstić information content (AvgIpc) is 2.67. The molecule has 0 amide bonds. The van der Waals surface area contributed by atoms with Gasteiger partial charge in [-0.05, 0) is 24.7 Å². The highest BCUT2D eigenvalue weighted by Gasteiger charge is 2.07. The molecule has 0 saturated carbocycles. The number of hydrogen-bond donors (Lipinski definition) is 1. The van der Waals surface area contributed by atoms with Crippen molar-refractivity contribution >= 4 is 33.8 Å². The third-order valence-corrected chi connectivity index (χ3v) is 3.90. The van der Waals surface area contributed by atoms with Gasteiger partial charge in [0.2, 0.25) is 0 Å². The van der Waals surface area contributed by atoms with Gasteiger partial charge in [-0.2, -0.15) is 0 Å². The lowest BCUT2D eigenvalue weighted by Crippen LogP contribution is -2.20. The molecule has 2 heterocycles. The Bertz CT molecular complexity index is 648.